The molecule has 0 unspecified atom stereocenters. The molecule has 0 radical (unpaired) electrons. The molecule has 1 saturated heterocycles. The molecule has 2 N–H and O–H groups in total. The van der Waals surface area contributed by atoms with Gasteiger partial charge in [-0.2, -0.15) is 0 Å². The van der Waals surface area contributed by atoms with Crippen LogP contribution in [0, 0.1) is 11.3 Å². The summed E-state index contributed by atoms with van der Waals surface area (Å²) < 4.78 is 5.89. The van der Waals surface area contributed by atoms with Gasteiger partial charge in [0, 0.05) is 48.6 Å². The van der Waals surface area contributed by atoms with Crippen LogP contribution in [-0.2, 0) is 20.8 Å². The molecule has 1 aliphatic heterocycles. The summed E-state index contributed by atoms with van der Waals surface area (Å²) in [6, 6.07) is 14.6. The first-order valence-corrected chi connectivity index (χ1v) is 17.9. The molecule has 1 fully saturated rings. The van der Waals surface area contributed by atoms with Gasteiger partial charge in [-0.25, -0.2) is 9.97 Å². The summed E-state index contributed by atoms with van der Waals surface area (Å²) >= 11 is 0. The summed E-state index contributed by atoms with van der Waals surface area (Å²) in [4.78, 5) is 48.9. The Kier molecular flexibility index (Phi) is 13.9. The summed E-state index contributed by atoms with van der Waals surface area (Å²) in [5.41, 5.74) is 4.87. The van der Waals surface area contributed by atoms with Crippen molar-refractivity contribution in [3.63, 3.8) is 0 Å². The number of amides is 2. The van der Waals surface area contributed by atoms with E-state index in [1.807, 2.05) is 61.5 Å². The zero-order valence-corrected chi connectivity index (χ0v) is 30.7. The Bertz CT molecular complexity index is 1700. The highest BCUT2D eigenvalue weighted by atomic mass is 16.5. The molecular formula is C42H52N4O5. The lowest BCUT2D eigenvalue weighted by atomic mass is 9.87. The predicted molar refractivity (Wildman–Crippen MR) is 202 cm³/mol. The molecule has 0 spiro atoms. The number of carbonyl (C=O) groups is 3. The van der Waals surface area contributed by atoms with Gasteiger partial charge in [-0.3, -0.25) is 14.4 Å². The van der Waals surface area contributed by atoms with Gasteiger partial charge in [-0.05, 0) is 48.1 Å². The molecule has 1 atom stereocenters. The van der Waals surface area contributed by atoms with E-state index in [4.69, 9.17) is 4.74 Å². The average molecular weight is 693 g/mol. The van der Waals surface area contributed by atoms with Gasteiger partial charge in [0.1, 0.15) is 11.8 Å². The molecule has 1 aromatic heterocycles. The number of carboxylic acids is 1. The number of hydrogen-bond donors (Lipinski definition) is 2. The Labute approximate surface area is 302 Å². The second-order valence-corrected chi connectivity index (χ2v) is 14.2. The van der Waals surface area contributed by atoms with Crippen LogP contribution in [0.2, 0.25) is 0 Å². The SMILES string of the molecule is C=C/C(=C\C=C(/C)C(C)(C)C)C(=O)N[C@@H](Cc1ccc(-c2ncc(-c3ccc(OCCCCCCC)cc3)cn2)cc1)C(=O)N1CC(C(=O)O)C1. The van der Waals surface area contributed by atoms with E-state index < -0.39 is 23.8 Å². The lowest BCUT2D eigenvalue weighted by molar-refractivity contribution is -0.154. The highest BCUT2D eigenvalue weighted by Gasteiger charge is 2.38. The van der Waals surface area contributed by atoms with Crippen molar-refractivity contribution in [3.8, 4) is 28.3 Å². The Balaban J connectivity index is 1.42. The van der Waals surface area contributed by atoms with Crippen molar-refractivity contribution in [2.24, 2.45) is 11.3 Å². The highest BCUT2D eigenvalue weighted by Crippen LogP contribution is 2.26. The number of hydrogen-bond acceptors (Lipinski definition) is 6. The van der Waals surface area contributed by atoms with Crippen LogP contribution in [0.1, 0.15) is 72.3 Å². The van der Waals surface area contributed by atoms with E-state index >= 15 is 0 Å². The number of allylic oxidation sites excluding steroid dienone is 3. The number of benzene rings is 2. The highest BCUT2D eigenvalue weighted by molar-refractivity contribution is 5.99. The first kappa shape index (κ1) is 38.7. The van der Waals surface area contributed by atoms with E-state index in [2.05, 4.69) is 49.6 Å². The molecule has 0 bridgehead atoms. The summed E-state index contributed by atoms with van der Waals surface area (Å²) in [6.07, 6.45) is 14.9. The van der Waals surface area contributed by atoms with Crippen LogP contribution in [0.25, 0.3) is 22.5 Å². The van der Waals surface area contributed by atoms with Crippen molar-refractivity contribution in [1.29, 1.82) is 0 Å². The van der Waals surface area contributed by atoms with Gasteiger partial charge in [0.15, 0.2) is 5.82 Å². The van der Waals surface area contributed by atoms with Gasteiger partial charge >= 0.3 is 5.97 Å². The van der Waals surface area contributed by atoms with E-state index in [0.717, 1.165) is 46.6 Å². The second-order valence-electron chi connectivity index (χ2n) is 14.2. The maximum absolute atomic E-state index is 13.5. The predicted octanol–water partition coefficient (Wildman–Crippen LogP) is 7.83. The van der Waals surface area contributed by atoms with Crippen LogP contribution in [0.3, 0.4) is 0 Å². The molecule has 9 nitrogen and oxygen atoms in total. The average Bonchev–Trinajstić information content (AvgIpc) is 3.09. The number of carboxylic acid groups (broad SMARTS) is 1. The fourth-order valence-electron chi connectivity index (χ4n) is 5.47. The van der Waals surface area contributed by atoms with Crippen LogP contribution in [0.15, 0.2) is 96.9 Å². The van der Waals surface area contributed by atoms with E-state index in [0.29, 0.717) is 11.4 Å². The number of aromatic nitrogens is 2. The monoisotopic (exact) mass is 692 g/mol. The van der Waals surface area contributed by atoms with Gasteiger partial charge in [0.25, 0.3) is 5.91 Å². The maximum atomic E-state index is 13.5. The molecule has 2 amide bonds. The number of ether oxygens (including phenoxy) is 1. The number of rotatable bonds is 17. The van der Waals surface area contributed by atoms with E-state index in [1.165, 1.54) is 36.7 Å². The van der Waals surface area contributed by atoms with Gasteiger partial charge in [-0.1, -0.05) is 114 Å². The lowest BCUT2D eigenvalue weighted by Crippen LogP contribution is -2.59. The molecular weight excluding hydrogens is 640 g/mol. The second kappa shape index (κ2) is 18.3. The van der Waals surface area contributed by atoms with Crippen LogP contribution in [-0.4, -0.2) is 63.5 Å². The minimum absolute atomic E-state index is 0.0656. The molecule has 270 valence electrons. The number of unbranched alkanes of at least 4 members (excludes halogenated alkanes) is 4. The van der Waals surface area contributed by atoms with Crippen LogP contribution in [0.4, 0.5) is 0 Å². The van der Waals surface area contributed by atoms with E-state index in [9.17, 15) is 19.5 Å². The van der Waals surface area contributed by atoms with Gasteiger partial charge in [-0.15, -0.1) is 0 Å². The van der Waals surface area contributed by atoms with Crippen LogP contribution < -0.4 is 10.1 Å². The quantitative estimate of drug-likeness (QED) is 0.0840. The number of aliphatic carboxylic acids is 1. The third-order valence-corrected chi connectivity index (χ3v) is 9.33. The first-order chi connectivity index (χ1) is 24.4. The van der Waals surface area contributed by atoms with Crippen molar-refractivity contribution >= 4 is 17.8 Å². The van der Waals surface area contributed by atoms with Gasteiger partial charge in [0.05, 0.1) is 12.5 Å². The normalized spacial score (nSPS) is 14.4. The molecule has 51 heavy (non-hydrogen) atoms. The summed E-state index contributed by atoms with van der Waals surface area (Å²) in [5.74, 6) is -0.875. The molecule has 1 aliphatic rings. The van der Waals surface area contributed by atoms with Gasteiger partial charge < -0.3 is 20.1 Å². The minimum atomic E-state index is -0.935. The number of carbonyl (C=O) groups excluding carboxylic acids is 2. The van der Waals surface area contributed by atoms with Crippen molar-refractivity contribution in [2.75, 3.05) is 19.7 Å². The summed E-state index contributed by atoms with van der Waals surface area (Å²) in [6.45, 7) is 15.2. The Morgan fingerprint density at radius 1 is 0.941 bits per heavy atom. The van der Waals surface area contributed by atoms with E-state index in [1.54, 1.807) is 18.5 Å². The molecule has 9 heteroatoms. The first-order valence-electron chi connectivity index (χ1n) is 17.9. The minimum Gasteiger partial charge on any atom is -0.494 e. The topological polar surface area (TPSA) is 122 Å². The number of nitrogens with one attached hydrogen (secondary N) is 1. The van der Waals surface area contributed by atoms with Crippen molar-refractivity contribution < 1.29 is 24.2 Å². The lowest BCUT2D eigenvalue weighted by Gasteiger charge is -2.39. The molecule has 3 aromatic rings. The zero-order chi connectivity index (χ0) is 37.0. The third kappa shape index (κ3) is 11.2. The summed E-state index contributed by atoms with van der Waals surface area (Å²) in [5, 5.41) is 12.2. The standard InChI is InChI=1S/C42H52N4O5/c1-7-9-10-11-12-23-51-36-21-19-32(20-22-36)34-25-43-38(44-26-34)33-17-14-30(15-18-33)24-37(40(48)46-27-35(28-46)41(49)50)45-39(47)31(8-2)16-13-29(3)42(4,5)6/h8,13-22,25-26,35,37H,2,7,9-12,23-24,27-28H2,1,3-6H3,(H,45,47)(H,49,50)/b29-13+,31-16+/t37-/m0/s1. The van der Waals surface area contributed by atoms with E-state index in [-0.39, 0.29) is 30.8 Å². The molecule has 2 heterocycles. The Morgan fingerprint density at radius 2 is 1.57 bits per heavy atom. The molecule has 4 rings (SSSR count). The zero-order valence-electron chi connectivity index (χ0n) is 30.7. The molecule has 0 aliphatic carbocycles. The number of nitrogens with zero attached hydrogens (tertiary/aromatic N) is 3. The maximum Gasteiger partial charge on any atom is 0.310 e. The van der Waals surface area contributed by atoms with Crippen LogP contribution >= 0.6 is 0 Å². The smallest absolute Gasteiger partial charge is 0.310 e. The number of likely N-dealkylation sites (tertiary alicyclic amines) is 1. The third-order valence-electron chi connectivity index (χ3n) is 9.33. The largest absolute Gasteiger partial charge is 0.494 e. The van der Waals surface area contributed by atoms with Gasteiger partial charge in [0.2, 0.25) is 5.91 Å². The van der Waals surface area contributed by atoms with Crippen LogP contribution in [0.5, 0.6) is 5.75 Å². The summed E-state index contributed by atoms with van der Waals surface area (Å²) in [7, 11) is 0. The van der Waals surface area contributed by atoms with Crippen molar-refractivity contribution in [1.82, 2.24) is 20.2 Å². The van der Waals surface area contributed by atoms with Crippen molar-refractivity contribution in [3.05, 3.63) is 102 Å². The molecule has 2 aromatic carbocycles. The molecule has 0 saturated carbocycles. The Hall–Kier alpha value is -5.05. The van der Waals surface area contributed by atoms with Crippen molar-refractivity contribution in [2.45, 2.75) is 79.2 Å². The fraction of sp³-hybridized carbons (Fsp3) is 0.405. The Morgan fingerprint density at radius 3 is 2.16 bits per heavy atom. The fourth-order valence-corrected chi connectivity index (χ4v) is 5.47.